The van der Waals surface area contributed by atoms with E-state index in [9.17, 15) is 4.79 Å². The van der Waals surface area contributed by atoms with Crippen molar-refractivity contribution in [2.75, 3.05) is 33.0 Å². The molecule has 1 rings (SSSR count). The van der Waals surface area contributed by atoms with E-state index in [0.29, 0.717) is 0 Å². The maximum absolute atomic E-state index is 11.6. The van der Waals surface area contributed by atoms with Crippen molar-refractivity contribution in [3.8, 4) is 0 Å². The monoisotopic (exact) mass is 215 g/mol. The molecule has 0 aromatic carbocycles. The van der Waals surface area contributed by atoms with Gasteiger partial charge in [0.15, 0.2) is 0 Å². The molecule has 4 nitrogen and oxygen atoms in total. The zero-order valence-electron chi connectivity index (χ0n) is 9.46. The largest absolute Gasteiger partial charge is 0.382 e. The maximum Gasteiger partial charge on any atom is 0.223 e. The number of carbonyl (C=O) groups is 1. The van der Waals surface area contributed by atoms with Crippen LogP contribution in [0, 0.1) is 5.92 Å². The standard InChI is InChI=1S/C11H21NO3/c1-2-14-7-3-6-12-11(13)10-4-8-15-9-5-10/h10H,2-9H2,1H3,(H,12,13). The second-order valence-electron chi connectivity index (χ2n) is 3.73. The van der Waals surface area contributed by atoms with Crippen molar-refractivity contribution in [2.24, 2.45) is 5.92 Å². The molecular weight excluding hydrogens is 194 g/mol. The van der Waals surface area contributed by atoms with Crippen LogP contribution in [0.1, 0.15) is 26.2 Å². The summed E-state index contributed by atoms with van der Waals surface area (Å²) >= 11 is 0. The third-order valence-corrected chi connectivity index (χ3v) is 2.56. The first kappa shape index (κ1) is 12.5. The van der Waals surface area contributed by atoms with Crippen LogP contribution in [0.4, 0.5) is 0 Å². The molecule has 1 amide bonds. The van der Waals surface area contributed by atoms with Crippen molar-refractivity contribution >= 4 is 5.91 Å². The third kappa shape index (κ3) is 5.14. The van der Waals surface area contributed by atoms with Crippen molar-refractivity contribution < 1.29 is 14.3 Å². The number of rotatable bonds is 6. The molecular formula is C11H21NO3. The summed E-state index contributed by atoms with van der Waals surface area (Å²) in [5.41, 5.74) is 0. The van der Waals surface area contributed by atoms with Crippen molar-refractivity contribution in [2.45, 2.75) is 26.2 Å². The molecule has 0 radical (unpaired) electrons. The Bertz CT molecular complexity index is 179. The van der Waals surface area contributed by atoms with Crippen LogP contribution in [0.25, 0.3) is 0 Å². The molecule has 1 saturated heterocycles. The Morgan fingerprint density at radius 2 is 2.20 bits per heavy atom. The van der Waals surface area contributed by atoms with Gasteiger partial charge < -0.3 is 14.8 Å². The first-order valence-corrected chi connectivity index (χ1v) is 5.77. The zero-order valence-corrected chi connectivity index (χ0v) is 9.46. The Labute approximate surface area is 91.3 Å². The molecule has 15 heavy (non-hydrogen) atoms. The van der Waals surface area contributed by atoms with E-state index in [1.807, 2.05) is 6.92 Å². The second-order valence-corrected chi connectivity index (χ2v) is 3.73. The highest BCUT2D eigenvalue weighted by molar-refractivity contribution is 5.78. The third-order valence-electron chi connectivity index (χ3n) is 2.56. The van der Waals surface area contributed by atoms with E-state index in [2.05, 4.69) is 5.32 Å². The minimum Gasteiger partial charge on any atom is -0.382 e. The van der Waals surface area contributed by atoms with Gasteiger partial charge in [-0.2, -0.15) is 0 Å². The van der Waals surface area contributed by atoms with Gasteiger partial charge in [0.2, 0.25) is 5.91 Å². The Balaban J connectivity index is 2.02. The van der Waals surface area contributed by atoms with Gasteiger partial charge in [-0.25, -0.2) is 0 Å². The van der Waals surface area contributed by atoms with Crippen molar-refractivity contribution in [3.05, 3.63) is 0 Å². The highest BCUT2D eigenvalue weighted by atomic mass is 16.5. The van der Waals surface area contributed by atoms with Gasteiger partial charge in [-0.1, -0.05) is 0 Å². The normalized spacial score (nSPS) is 17.7. The number of carbonyl (C=O) groups excluding carboxylic acids is 1. The molecule has 0 unspecified atom stereocenters. The van der Waals surface area contributed by atoms with Crippen LogP contribution in [0.3, 0.4) is 0 Å². The lowest BCUT2D eigenvalue weighted by atomic mass is 9.99. The molecule has 4 heteroatoms. The molecule has 1 aliphatic heterocycles. The van der Waals surface area contributed by atoms with Gasteiger partial charge in [-0.05, 0) is 26.2 Å². The highest BCUT2D eigenvalue weighted by Gasteiger charge is 2.20. The zero-order chi connectivity index (χ0) is 10.9. The summed E-state index contributed by atoms with van der Waals surface area (Å²) in [5, 5.41) is 2.94. The first-order chi connectivity index (χ1) is 7.34. The quantitative estimate of drug-likeness (QED) is 0.671. The van der Waals surface area contributed by atoms with Crippen LogP contribution in [0.5, 0.6) is 0 Å². The van der Waals surface area contributed by atoms with Gasteiger partial charge in [-0.3, -0.25) is 4.79 Å². The predicted octanol–water partition coefficient (Wildman–Crippen LogP) is 0.956. The number of hydrogen-bond donors (Lipinski definition) is 1. The lowest BCUT2D eigenvalue weighted by Crippen LogP contribution is -2.35. The van der Waals surface area contributed by atoms with E-state index in [4.69, 9.17) is 9.47 Å². The second kappa shape index (κ2) is 7.65. The smallest absolute Gasteiger partial charge is 0.223 e. The average Bonchev–Trinajstić information content (AvgIpc) is 2.30. The summed E-state index contributed by atoms with van der Waals surface area (Å²) in [6.45, 7) is 5.60. The summed E-state index contributed by atoms with van der Waals surface area (Å²) in [5.74, 6) is 0.334. The molecule has 0 saturated carbocycles. The summed E-state index contributed by atoms with van der Waals surface area (Å²) in [7, 11) is 0. The SMILES string of the molecule is CCOCCCNC(=O)C1CCOCC1. The summed E-state index contributed by atoms with van der Waals surface area (Å²) in [6, 6.07) is 0. The minimum absolute atomic E-state index is 0.158. The van der Waals surface area contributed by atoms with Crippen molar-refractivity contribution in [1.29, 1.82) is 0 Å². The maximum atomic E-state index is 11.6. The summed E-state index contributed by atoms with van der Waals surface area (Å²) in [6.07, 6.45) is 2.61. The van der Waals surface area contributed by atoms with Gasteiger partial charge in [0.25, 0.3) is 0 Å². The van der Waals surface area contributed by atoms with Gasteiger partial charge in [-0.15, -0.1) is 0 Å². The topological polar surface area (TPSA) is 47.6 Å². The van der Waals surface area contributed by atoms with E-state index in [1.165, 1.54) is 0 Å². The molecule has 1 heterocycles. The molecule has 0 aromatic heterocycles. The van der Waals surface area contributed by atoms with Gasteiger partial charge in [0.1, 0.15) is 0 Å². The molecule has 0 spiro atoms. The summed E-state index contributed by atoms with van der Waals surface area (Å²) in [4.78, 5) is 11.6. The molecule has 1 fully saturated rings. The van der Waals surface area contributed by atoms with E-state index in [0.717, 1.165) is 52.2 Å². The number of hydrogen-bond acceptors (Lipinski definition) is 3. The average molecular weight is 215 g/mol. The molecule has 0 atom stereocenters. The van der Waals surface area contributed by atoms with Crippen LogP contribution < -0.4 is 5.32 Å². The highest BCUT2D eigenvalue weighted by Crippen LogP contribution is 2.14. The lowest BCUT2D eigenvalue weighted by molar-refractivity contribution is -0.127. The minimum atomic E-state index is 0.158. The summed E-state index contributed by atoms with van der Waals surface area (Å²) < 4.78 is 10.4. The van der Waals surface area contributed by atoms with Crippen LogP contribution in [-0.4, -0.2) is 38.9 Å². The molecule has 1 aliphatic rings. The number of ether oxygens (including phenoxy) is 2. The molecule has 0 aliphatic carbocycles. The van der Waals surface area contributed by atoms with E-state index >= 15 is 0 Å². The Hall–Kier alpha value is -0.610. The van der Waals surface area contributed by atoms with Crippen molar-refractivity contribution in [1.82, 2.24) is 5.32 Å². The number of nitrogens with one attached hydrogen (secondary N) is 1. The Kier molecular flexibility index (Phi) is 6.36. The van der Waals surface area contributed by atoms with Crippen LogP contribution >= 0.6 is 0 Å². The molecule has 0 aromatic rings. The fourth-order valence-corrected chi connectivity index (χ4v) is 1.63. The van der Waals surface area contributed by atoms with Gasteiger partial charge >= 0.3 is 0 Å². The van der Waals surface area contributed by atoms with Crippen LogP contribution in [0.15, 0.2) is 0 Å². The Morgan fingerprint density at radius 1 is 1.47 bits per heavy atom. The van der Waals surface area contributed by atoms with Gasteiger partial charge in [0.05, 0.1) is 0 Å². The lowest BCUT2D eigenvalue weighted by Gasteiger charge is -2.21. The van der Waals surface area contributed by atoms with Crippen molar-refractivity contribution in [3.63, 3.8) is 0 Å². The fraction of sp³-hybridized carbons (Fsp3) is 0.909. The van der Waals surface area contributed by atoms with E-state index < -0.39 is 0 Å². The van der Waals surface area contributed by atoms with E-state index in [1.54, 1.807) is 0 Å². The molecule has 1 N–H and O–H groups in total. The molecule has 88 valence electrons. The fourth-order valence-electron chi connectivity index (χ4n) is 1.63. The Morgan fingerprint density at radius 3 is 2.87 bits per heavy atom. The van der Waals surface area contributed by atoms with Crippen LogP contribution in [-0.2, 0) is 14.3 Å². The predicted molar refractivity (Wildman–Crippen MR) is 57.7 cm³/mol. The van der Waals surface area contributed by atoms with E-state index in [-0.39, 0.29) is 11.8 Å². The van der Waals surface area contributed by atoms with Crippen LogP contribution in [0.2, 0.25) is 0 Å². The molecule has 0 bridgehead atoms. The van der Waals surface area contributed by atoms with Gasteiger partial charge in [0, 0.05) is 38.9 Å². The number of amides is 1. The first-order valence-electron chi connectivity index (χ1n) is 5.77.